The van der Waals surface area contributed by atoms with Crippen LogP contribution in [-0.2, 0) is 20.9 Å². The van der Waals surface area contributed by atoms with Crippen molar-refractivity contribution in [3.63, 3.8) is 0 Å². The Hall–Kier alpha value is -1.14. The summed E-state index contributed by atoms with van der Waals surface area (Å²) >= 11 is 5.99. The monoisotopic (exact) mass is 353 g/mol. The maximum atomic E-state index is 11.9. The van der Waals surface area contributed by atoms with Crippen molar-refractivity contribution in [2.24, 2.45) is 0 Å². The fraction of sp³-hybridized carbons (Fsp3) is 0.611. The summed E-state index contributed by atoms with van der Waals surface area (Å²) < 4.78 is 11.4. The number of benzene rings is 1. The van der Waals surface area contributed by atoms with Crippen LogP contribution in [0.1, 0.15) is 31.2 Å². The minimum absolute atomic E-state index is 0.172. The molecule has 3 rings (SSSR count). The molecule has 0 unspecified atom stereocenters. The number of hydrogen-bond donors (Lipinski definition) is 1. The van der Waals surface area contributed by atoms with Crippen molar-refractivity contribution in [2.75, 3.05) is 26.3 Å². The van der Waals surface area contributed by atoms with Gasteiger partial charge in [0.05, 0.1) is 12.7 Å². The van der Waals surface area contributed by atoms with E-state index in [1.54, 1.807) is 0 Å². The molecule has 1 aromatic carbocycles. The van der Waals surface area contributed by atoms with Gasteiger partial charge in [-0.3, -0.25) is 9.69 Å². The van der Waals surface area contributed by atoms with Crippen LogP contribution in [0.2, 0.25) is 5.02 Å². The molecule has 0 atom stereocenters. The molecule has 0 aromatic heterocycles. The summed E-state index contributed by atoms with van der Waals surface area (Å²) in [7, 11) is 0. The number of halogens is 1. The highest BCUT2D eigenvalue weighted by atomic mass is 35.5. The van der Waals surface area contributed by atoms with Gasteiger partial charge in [0.15, 0.2) is 0 Å². The molecule has 0 saturated carbocycles. The summed E-state index contributed by atoms with van der Waals surface area (Å²) in [5.41, 5.74) is 0.312. The lowest BCUT2D eigenvalue weighted by Gasteiger charge is -2.45. The number of piperidine rings is 1. The van der Waals surface area contributed by atoms with Gasteiger partial charge >= 0.3 is 5.97 Å². The molecule has 24 heavy (non-hydrogen) atoms. The second-order valence-corrected chi connectivity index (χ2v) is 7.01. The quantitative estimate of drug-likeness (QED) is 0.882. The summed E-state index contributed by atoms with van der Waals surface area (Å²) in [6.45, 7) is 3.11. The molecular formula is C18H24ClNO4. The van der Waals surface area contributed by atoms with Crippen molar-refractivity contribution in [2.45, 2.75) is 43.9 Å². The third-order valence-corrected chi connectivity index (χ3v) is 5.38. The lowest BCUT2D eigenvalue weighted by Crippen LogP contribution is -2.60. The summed E-state index contributed by atoms with van der Waals surface area (Å²) in [6, 6.07) is 7.69. The predicted molar refractivity (Wildman–Crippen MR) is 91.3 cm³/mol. The molecule has 1 N–H and O–H groups in total. The van der Waals surface area contributed by atoms with Gasteiger partial charge in [0.1, 0.15) is 5.54 Å². The van der Waals surface area contributed by atoms with Crippen LogP contribution >= 0.6 is 11.6 Å². The average Bonchev–Trinajstić information content (AvgIpc) is 2.61. The van der Waals surface area contributed by atoms with E-state index in [0.717, 1.165) is 31.5 Å². The normalized spacial score (nSPS) is 22.4. The van der Waals surface area contributed by atoms with Gasteiger partial charge in [0, 0.05) is 31.3 Å². The van der Waals surface area contributed by atoms with Crippen LogP contribution in [0.5, 0.6) is 0 Å². The Morgan fingerprint density at radius 1 is 1.33 bits per heavy atom. The highest BCUT2D eigenvalue weighted by molar-refractivity contribution is 6.30. The Morgan fingerprint density at radius 2 is 2.04 bits per heavy atom. The molecule has 2 saturated heterocycles. The first kappa shape index (κ1) is 17.7. The molecule has 6 heteroatoms. The highest BCUT2D eigenvalue weighted by Gasteiger charge is 2.46. The molecule has 0 amide bonds. The number of carboxylic acid groups (broad SMARTS) is 1. The van der Waals surface area contributed by atoms with Gasteiger partial charge in [-0.05, 0) is 43.4 Å². The fourth-order valence-electron chi connectivity index (χ4n) is 3.67. The van der Waals surface area contributed by atoms with E-state index in [2.05, 4.69) is 4.90 Å². The van der Waals surface area contributed by atoms with Crippen LogP contribution < -0.4 is 0 Å². The minimum Gasteiger partial charge on any atom is -0.480 e. The van der Waals surface area contributed by atoms with E-state index in [0.29, 0.717) is 37.7 Å². The van der Waals surface area contributed by atoms with E-state index >= 15 is 0 Å². The Bertz CT molecular complexity index is 566. The Morgan fingerprint density at radius 3 is 2.67 bits per heavy atom. The molecule has 5 nitrogen and oxygen atoms in total. The standard InChI is InChI=1S/C18H24ClNO4/c19-15-3-1-2-14(12-15)13-24-16-4-8-20(9-5-16)18(17(21)22)6-10-23-11-7-18/h1-3,12,16H,4-11,13H2,(H,21,22). The third kappa shape index (κ3) is 3.91. The fourth-order valence-corrected chi connectivity index (χ4v) is 3.88. The zero-order chi connectivity index (χ0) is 17.0. The van der Waals surface area contributed by atoms with Gasteiger partial charge in [-0.25, -0.2) is 0 Å². The van der Waals surface area contributed by atoms with Gasteiger partial charge in [0.25, 0.3) is 0 Å². The van der Waals surface area contributed by atoms with Crippen LogP contribution in [0.3, 0.4) is 0 Å². The van der Waals surface area contributed by atoms with E-state index in [4.69, 9.17) is 21.1 Å². The van der Waals surface area contributed by atoms with Crippen molar-refractivity contribution in [3.8, 4) is 0 Å². The molecule has 2 fully saturated rings. The van der Waals surface area contributed by atoms with Gasteiger partial charge < -0.3 is 14.6 Å². The molecule has 2 aliphatic rings. The maximum absolute atomic E-state index is 11.9. The third-order valence-electron chi connectivity index (χ3n) is 5.14. The van der Waals surface area contributed by atoms with Crippen molar-refractivity contribution in [3.05, 3.63) is 34.9 Å². The van der Waals surface area contributed by atoms with Crippen LogP contribution in [0.4, 0.5) is 0 Å². The zero-order valence-electron chi connectivity index (χ0n) is 13.7. The predicted octanol–water partition coefficient (Wildman–Crippen LogP) is 2.95. The van der Waals surface area contributed by atoms with Gasteiger partial charge in [0.2, 0.25) is 0 Å². The lowest BCUT2D eigenvalue weighted by atomic mass is 9.86. The SMILES string of the molecule is O=C(O)C1(N2CCC(OCc3cccc(Cl)c3)CC2)CCOCC1. The molecule has 0 radical (unpaired) electrons. The Kier molecular flexibility index (Phi) is 5.76. The molecular weight excluding hydrogens is 330 g/mol. The summed E-state index contributed by atoms with van der Waals surface area (Å²) in [4.78, 5) is 14.0. The number of hydrogen-bond acceptors (Lipinski definition) is 4. The first-order chi connectivity index (χ1) is 11.6. The Balaban J connectivity index is 1.52. The van der Waals surface area contributed by atoms with E-state index in [-0.39, 0.29) is 6.10 Å². The number of nitrogens with zero attached hydrogens (tertiary/aromatic N) is 1. The molecule has 2 aliphatic heterocycles. The second kappa shape index (κ2) is 7.83. The first-order valence-electron chi connectivity index (χ1n) is 8.52. The smallest absolute Gasteiger partial charge is 0.324 e. The largest absolute Gasteiger partial charge is 0.480 e. The topological polar surface area (TPSA) is 59.0 Å². The molecule has 0 spiro atoms. The molecule has 2 heterocycles. The summed E-state index contributed by atoms with van der Waals surface area (Å²) in [5.74, 6) is -0.718. The van der Waals surface area contributed by atoms with Gasteiger partial charge in [-0.2, -0.15) is 0 Å². The number of rotatable bonds is 5. The minimum atomic E-state index is -0.754. The number of carbonyl (C=O) groups is 1. The van der Waals surface area contributed by atoms with Gasteiger partial charge in [-0.1, -0.05) is 23.7 Å². The molecule has 0 bridgehead atoms. The number of carboxylic acids is 1. The van der Waals surface area contributed by atoms with E-state index < -0.39 is 11.5 Å². The number of likely N-dealkylation sites (tertiary alicyclic amines) is 1. The molecule has 1 aromatic rings. The van der Waals surface area contributed by atoms with Crippen molar-refractivity contribution in [1.82, 2.24) is 4.90 Å². The van der Waals surface area contributed by atoms with Crippen LogP contribution in [0, 0.1) is 0 Å². The van der Waals surface area contributed by atoms with Crippen LogP contribution in [-0.4, -0.2) is 53.9 Å². The van der Waals surface area contributed by atoms with Crippen molar-refractivity contribution < 1.29 is 19.4 Å². The van der Waals surface area contributed by atoms with Crippen molar-refractivity contribution >= 4 is 17.6 Å². The average molecular weight is 354 g/mol. The molecule has 132 valence electrons. The van der Waals surface area contributed by atoms with Gasteiger partial charge in [-0.15, -0.1) is 0 Å². The van der Waals surface area contributed by atoms with Crippen molar-refractivity contribution in [1.29, 1.82) is 0 Å². The number of aliphatic carboxylic acids is 1. The lowest BCUT2D eigenvalue weighted by molar-refractivity contribution is -0.161. The van der Waals surface area contributed by atoms with Crippen LogP contribution in [0.25, 0.3) is 0 Å². The van der Waals surface area contributed by atoms with E-state index in [1.807, 2.05) is 24.3 Å². The second-order valence-electron chi connectivity index (χ2n) is 6.58. The maximum Gasteiger partial charge on any atom is 0.324 e. The summed E-state index contributed by atoms with van der Waals surface area (Å²) in [5, 5.41) is 10.5. The molecule has 0 aliphatic carbocycles. The van der Waals surface area contributed by atoms with E-state index in [1.165, 1.54) is 0 Å². The van der Waals surface area contributed by atoms with E-state index in [9.17, 15) is 9.90 Å². The van der Waals surface area contributed by atoms with Crippen LogP contribution in [0.15, 0.2) is 24.3 Å². The number of ether oxygens (including phenoxy) is 2. The zero-order valence-corrected chi connectivity index (χ0v) is 14.5. The Labute approximate surface area is 147 Å². The summed E-state index contributed by atoms with van der Waals surface area (Å²) in [6.07, 6.45) is 3.02. The first-order valence-corrected chi connectivity index (χ1v) is 8.90. The highest BCUT2D eigenvalue weighted by Crippen LogP contribution is 2.32.